The van der Waals surface area contributed by atoms with Crippen molar-refractivity contribution < 1.29 is 14.4 Å². The summed E-state index contributed by atoms with van der Waals surface area (Å²) in [5, 5.41) is 5.46. The topological polar surface area (TPSA) is 83.8 Å². The van der Waals surface area contributed by atoms with Crippen LogP contribution < -0.4 is 5.32 Å². The van der Waals surface area contributed by atoms with Crippen molar-refractivity contribution in [3.8, 4) is 5.69 Å². The van der Waals surface area contributed by atoms with Crippen LogP contribution in [0.2, 0.25) is 0 Å². The molecule has 0 saturated carbocycles. The highest BCUT2D eigenvalue weighted by molar-refractivity contribution is 8.14. The lowest BCUT2D eigenvalue weighted by Gasteiger charge is -2.28. The first-order valence-corrected chi connectivity index (χ1v) is 17.6. The molecule has 2 heterocycles. The van der Waals surface area contributed by atoms with Crippen LogP contribution in [0.3, 0.4) is 0 Å². The summed E-state index contributed by atoms with van der Waals surface area (Å²) in [6.45, 7) is 9.54. The molecule has 0 fully saturated rings. The molecule has 0 unspecified atom stereocenters. The highest BCUT2D eigenvalue weighted by atomic mass is 32.2. The third kappa shape index (κ3) is 7.46. The van der Waals surface area contributed by atoms with Gasteiger partial charge in [0.1, 0.15) is 5.57 Å². The Kier molecular flexibility index (Phi) is 10.7. The number of hydrogen-bond donors (Lipinski definition) is 1. The highest BCUT2D eigenvalue weighted by Crippen LogP contribution is 2.31. The molecule has 0 spiro atoms. The summed E-state index contributed by atoms with van der Waals surface area (Å²) in [5.41, 5.74) is 5.89. The number of thioether (sulfide) groups is 1. The van der Waals surface area contributed by atoms with E-state index in [1.165, 1.54) is 4.90 Å². The van der Waals surface area contributed by atoms with Gasteiger partial charge in [-0.2, -0.15) is 4.99 Å². The van der Waals surface area contributed by atoms with Gasteiger partial charge in [0, 0.05) is 22.5 Å². The number of allylic oxidation sites excluding steroid dienone is 4. The van der Waals surface area contributed by atoms with Gasteiger partial charge < -0.3 is 9.88 Å². The maximum atomic E-state index is 14.3. The molecular formula is C43H38N4O3S. The fourth-order valence-electron chi connectivity index (χ4n) is 6.26. The Labute approximate surface area is 302 Å². The van der Waals surface area contributed by atoms with Crippen molar-refractivity contribution in [3.05, 3.63) is 179 Å². The molecule has 6 rings (SSSR count). The summed E-state index contributed by atoms with van der Waals surface area (Å²) in [5.74, 6) is -1.53. The second kappa shape index (κ2) is 15.7. The largest absolute Gasteiger partial charge is 0.344 e. The molecule has 0 atom stereocenters. The number of amides is 3. The Morgan fingerprint density at radius 1 is 0.902 bits per heavy atom. The third-order valence-electron chi connectivity index (χ3n) is 8.69. The Morgan fingerprint density at radius 2 is 1.55 bits per heavy atom. The summed E-state index contributed by atoms with van der Waals surface area (Å²) in [4.78, 5) is 47.2. The van der Waals surface area contributed by atoms with Crippen molar-refractivity contribution in [3.63, 3.8) is 0 Å². The summed E-state index contributed by atoms with van der Waals surface area (Å²) in [7, 11) is 0. The molecule has 0 saturated heterocycles. The van der Waals surface area contributed by atoms with Crippen molar-refractivity contribution in [2.24, 2.45) is 4.99 Å². The number of aliphatic imine (C=N–C) groups is 1. The van der Waals surface area contributed by atoms with E-state index in [9.17, 15) is 14.4 Å². The number of nitrogens with one attached hydrogen (secondary N) is 1. The first-order valence-electron chi connectivity index (χ1n) is 16.6. The molecule has 0 radical (unpaired) electrons. The molecule has 5 aromatic rings. The second-order valence-electron chi connectivity index (χ2n) is 12.0. The zero-order valence-corrected chi connectivity index (χ0v) is 29.6. The van der Waals surface area contributed by atoms with Gasteiger partial charge in [0.25, 0.3) is 11.8 Å². The quantitative estimate of drug-likeness (QED) is 0.0904. The SMILES string of the molecule is C=C/C=C\C(=C/C)N1C(=O)/C(=C/c2cc(C)n(-c3cccc4ccccc34)c2C)C(=O)N=C1SCC(=O)NC(c1ccccc1)c1ccccc1. The molecule has 8 heteroatoms. The molecule has 1 aliphatic heterocycles. The fraction of sp³-hybridized carbons (Fsp3) is 0.116. The van der Waals surface area contributed by atoms with Gasteiger partial charge in [0.15, 0.2) is 5.17 Å². The monoisotopic (exact) mass is 690 g/mol. The summed E-state index contributed by atoms with van der Waals surface area (Å²) >= 11 is 1.04. The van der Waals surface area contributed by atoms with E-state index < -0.39 is 11.8 Å². The van der Waals surface area contributed by atoms with Crippen molar-refractivity contribution in [1.82, 2.24) is 14.8 Å². The number of hydrogen-bond acceptors (Lipinski definition) is 4. The molecule has 7 nitrogen and oxygen atoms in total. The lowest BCUT2D eigenvalue weighted by atomic mass is 9.99. The van der Waals surface area contributed by atoms with E-state index in [0.29, 0.717) is 5.70 Å². The molecule has 3 amide bonds. The van der Waals surface area contributed by atoms with Crippen molar-refractivity contribution in [2.75, 3.05) is 5.75 Å². The molecule has 1 aliphatic rings. The number of rotatable bonds is 10. The van der Waals surface area contributed by atoms with Gasteiger partial charge in [-0.25, -0.2) is 0 Å². The number of carbonyl (C=O) groups excluding carboxylic acids is 3. The molecule has 1 N–H and O–H groups in total. The second-order valence-corrected chi connectivity index (χ2v) is 12.9. The van der Waals surface area contributed by atoms with Gasteiger partial charge in [-0.15, -0.1) is 0 Å². The predicted octanol–water partition coefficient (Wildman–Crippen LogP) is 8.64. The normalized spacial score (nSPS) is 14.5. The molecule has 0 aliphatic carbocycles. The van der Waals surface area contributed by atoms with Crippen molar-refractivity contribution in [1.29, 1.82) is 0 Å². The lowest BCUT2D eigenvalue weighted by Crippen LogP contribution is -2.42. The van der Waals surface area contributed by atoms with Crippen molar-refractivity contribution in [2.45, 2.75) is 26.8 Å². The minimum Gasteiger partial charge on any atom is -0.344 e. The molecule has 0 bridgehead atoms. The first-order chi connectivity index (χ1) is 24.8. The smallest absolute Gasteiger partial charge is 0.285 e. The van der Waals surface area contributed by atoms with Crippen LogP contribution in [0.4, 0.5) is 0 Å². The predicted molar refractivity (Wildman–Crippen MR) is 208 cm³/mol. The average molecular weight is 691 g/mol. The molecular weight excluding hydrogens is 653 g/mol. The Morgan fingerprint density at radius 3 is 2.22 bits per heavy atom. The van der Waals surface area contributed by atoms with E-state index in [1.54, 1.807) is 37.3 Å². The molecule has 254 valence electrons. The van der Waals surface area contributed by atoms with E-state index >= 15 is 0 Å². The minimum atomic E-state index is -0.663. The Balaban J connectivity index is 1.31. The van der Waals surface area contributed by atoms with Crippen LogP contribution in [0.1, 0.15) is 41.0 Å². The van der Waals surface area contributed by atoms with Crippen LogP contribution in [0.5, 0.6) is 0 Å². The fourth-order valence-corrected chi connectivity index (χ4v) is 7.06. The van der Waals surface area contributed by atoms with Gasteiger partial charge >= 0.3 is 0 Å². The average Bonchev–Trinajstić information content (AvgIpc) is 3.44. The molecule has 51 heavy (non-hydrogen) atoms. The zero-order chi connectivity index (χ0) is 35.9. The maximum absolute atomic E-state index is 14.3. The first kappa shape index (κ1) is 34.9. The highest BCUT2D eigenvalue weighted by Gasteiger charge is 2.35. The molecule has 4 aromatic carbocycles. The van der Waals surface area contributed by atoms with E-state index in [2.05, 4.69) is 45.7 Å². The number of nitrogens with zero attached hydrogens (tertiary/aromatic N) is 3. The summed E-state index contributed by atoms with van der Waals surface area (Å²) in [6, 6.07) is 35.4. The van der Waals surface area contributed by atoms with E-state index in [1.807, 2.05) is 98.8 Å². The van der Waals surface area contributed by atoms with E-state index in [4.69, 9.17) is 0 Å². The van der Waals surface area contributed by atoms with Gasteiger partial charge in [-0.05, 0) is 67.1 Å². The van der Waals surface area contributed by atoms with Crippen LogP contribution in [-0.2, 0) is 14.4 Å². The Hall–Kier alpha value is -5.99. The van der Waals surface area contributed by atoms with Gasteiger partial charge in [0.05, 0.1) is 17.5 Å². The summed E-state index contributed by atoms with van der Waals surface area (Å²) < 4.78 is 2.13. The van der Waals surface area contributed by atoms with Crippen LogP contribution in [0, 0.1) is 13.8 Å². The van der Waals surface area contributed by atoms with Gasteiger partial charge in [-0.3, -0.25) is 19.3 Å². The van der Waals surface area contributed by atoms with Gasteiger partial charge in [0.2, 0.25) is 5.91 Å². The number of carbonyl (C=O) groups is 3. The Bertz CT molecular complexity index is 2200. The standard InChI is InChI=1S/C43H38N4O3S/c1-5-7-23-35(6-2)47-42(50)37(27-34-26-29(3)46(30(34)4)38-25-16-22-31-17-14-15-24-36(31)38)41(49)45-43(47)51-28-39(48)44-40(32-18-10-8-11-19-32)33-20-12-9-13-21-33/h5-27,40H,1,28H2,2-4H3,(H,44,48)/b23-7-,35-6+,37-27+. The third-order valence-corrected chi connectivity index (χ3v) is 9.63. The number of aromatic nitrogens is 1. The molecule has 1 aromatic heterocycles. The van der Waals surface area contributed by atoms with Crippen LogP contribution in [-0.4, -0.2) is 38.1 Å². The van der Waals surface area contributed by atoms with Crippen LogP contribution in [0.15, 0.2) is 156 Å². The number of fused-ring (bicyclic) bond motifs is 1. The van der Waals surface area contributed by atoms with Crippen LogP contribution in [0.25, 0.3) is 22.5 Å². The minimum absolute atomic E-state index is 0.0680. The summed E-state index contributed by atoms with van der Waals surface area (Å²) in [6.07, 6.45) is 8.41. The lowest BCUT2D eigenvalue weighted by molar-refractivity contribution is -0.126. The zero-order valence-electron chi connectivity index (χ0n) is 28.7. The maximum Gasteiger partial charge on any atom is 0.285 e. The van der Waals surface area contributed by atoms with E-state index in [0.717, 1.165) is 56.3 Å². The number of benzene rings is 4. The van der Waals surface area contributed by atoms with Gasteiger partial charge in [-0.1, -0.05) is 134 Å². The number of amidine groups is 1. The van der Waals surface area contributed by atoms with Crippen molar-refractivity contribution >= 4 is 51.5 Å². The number of aryl methyl sites for hydroxylation is 1. The van der Waals surface area contributed by atoms with Crippen LogP contribution >= 0.6 is 11.8 Å². The van der Waals surface area contributed by atoms with E-state index in [-0.39, 0.29) is 28.4 Å².